The van der Waals surface area contributed by atoms with Gasteiger partial charge in [-0.2, -0.15) is 0 Å². The smallest absolute Gasteiger partial charge is 0.121 e. The fraction of sp³-hybridized carbons (Fsp3) is 0.588. The molecule has 118 valence electrons. The highest BCUT2D eigenvalue weighted by Crippen LogP contribution is 2.30. The van der Waals surface area contributed by atoms with E-state index in [0.717, 1.165) is 42.8 Å². The second kappa shape index (κ2) is 5.99. The number of para-hydroxylation sites is 2. The molecule has 2 N–H and O–H groups in total. The lowest BCUT2D eigenvalue weighted by Crippen LogP contribution is -2.45. The molecule has 0 saturated carbocycles. The zero-order valence-electron chi connectivity index (χ0n) is 12.7. The molecule has 2 aliphatic rings. The maximum atomic E-state index is 10.3. The molecule has 2 aromatic rings. The summed E-state index contributed by atoms with van der Waals surface area (Å²) >= 11 is 0. The maximum absolute atomic E-state index is 10.3. The number of aliphatic hydroxyl groups excluding tert-OH is 1. The lowest BCUT2D eigenvalue weighted by Gasteiger charge is -2.36. The Balaban J connectivity index is 1.51. The average Bonchev–Trinajstić information content (AvgIpc) is 3.14. The van der Waals surface area contributed by atoms with Crippen LogP contribution in [-0.2, 0) is 11.3 Å². The van der Waals surface area contributed by atoms with Gasteiger partial charge in [0.1, 0.15) is 5.82 Å². The van der Waals surface area contributed by atoms with Crippen LogP contribution >= 0.6 is 0 Å². The number of nitrogens with one attached hydrogen (secondary N) is 1. The molecule has 3 unspecified atom stereocenters. The minimum atomic E-state index is -0.227. The third-order valence-electron chi connectivity index (χ3n) is 5.06. The second-order valence-electron chi connectivity index (χ2n) is 6.48. The molecule has 0 bridgehead atoms. The van der Waals surface area contributed by atoms with Crippen molar-refractivity contribution >= 4 is 11.0 Å². The van der Waals surface area contributed by atoms with Gasteiger partial charge in [0.15, 0.2) is 0 Å². The van der Waals surface area contributed by atoms with Gasteiger partial charge in [0.25, 0.3) is 0 Å². The predicted octanol–water partition coefficient (Wildman–Crippen LogP) is 1.92. The molecule has 5 nitrogen and oxygen atoms in total. The number of fused-ring (bicyclic) bond motifs is 1. The average molecular weight is 301 g/mol. The summed E-state index contributed by atoms with van der Waals surface area (Å²) in [5.74, 6) is 1.25. The molecule has 3 heterocycles. The SMILES string of the molecule is OC1CCOCC1C1CCCN1Cc1nc2ccccc2[nH]1. The van der Waals surface area contributed by atoms with Gasteiger partial charge in [-0.1, -0.05) is 12.1 Å². The quantitative estimate of drug-likeness (QED) is 0.909. The Kier molecular flexibility index (Phi) is 3.86. The molecule has 4 rings (SSSR count). The van der Waals surface area contributed by atoms with Gasteiger partial charge in [-0.3, -0.25) is 4.90 Å². The van der Waals surface area contributed by atoms with Crippen LogP contribution < -0.4 is 0 Å². The van der Waals surface area contributed by atoms with E-state index in [9.17, 15) is 5.11 Å². The summed E-state index contributed by atoms with van der Waals surface area (Å²) in [6.07, 6.45) is 2.87. The fourth-order valence-corrected chi connectivity index (χ4v) is 3.92. The lowest BCUT2D eigenvalue weighted by atomic mass is 9.89. The molecule has 2 aliphatic heterocycles. The van der Waals surface area contributed by atoms with Crippen molar-refractivity contribution in [2.45, 2.75) is 38.0 Å². The topological polar surface area (TPSA) is 61.4 Å². The van der Waals surface area contributed by atoms with E-state index in [1.807, 2.05) is 18.2 Å². The van der Waals surface area contributed by atoms with Gasteiger partial charge in [0.05, 0.1) is 30.3 Å². The Hall–Kier alpha value is -1.43. The number of hydrogen-bond donors (Lipinski definition) is 2. The highest BCUT2D eigenvalue weighted by Gasteiger charge is 2.37. The van der Waals surface area contributed by atoms with Crippen LogP contribution in [0.2, 0.25) is 0 Å². The number of benzene rings is 1. The van der Waals surface area contributed by atoms with E-state index < -0.39 is 0 Å². The number of imidazole rings is 1. The van der Waals surface area contributed by atoms with Crippen LogP contribution in [0.3, 0.4) is 0 Å². The predicted molar refractivity (Wildman–Crippen MR) is 84.5 cm³/mol. The van der Waals surface area contributed by atoms with Crippen molar-refractivity contribution in [3.8, 4) is 0 Å². The number of rotatable bonds is 3. The summed E-state index contributed by atoms with van der Waals surface area (Å²) in [7, 11) is 0. The van der Waals surface area contributed by atoms with Crippen molar-refractivity contribution in [3.05, 3.63) is 30.1 Å². The van der Waals surface area contributed by atoms with Crippen molar-refractivity contribution in [2.75, 3.05) is 19.8 Å². The standard InChI is InChI=1S/C17H23N3O2/c21-16-7-9-22-11-12(16)15-6-3-8-20(15)10-17-18-13-4-1-2-5-14(13)19-17/h1-2,4-5,12,15-16,21H,3,6-11H2,(H,18,19). The monoisotopic (exact) mass is 301 g/mol. The van der Waals surface area contributed by atoms with E-state index in [0.29, 0.717) is 19.3 Å². The summed E-state index contributed by atoms with van der Waals surface area (Å²) < 4.78 is 5.60. The van der Waals surface area contributed by atoms with Crippen molar-refractivity contribution < 1.29 is 9.84 Å². The normalized spacial score (nSPS) is 30.1. The van der Waals surface area contributed by atoms with Crippen LogP contribution in [0.5, 0.6) is 0 Å². The molecule has 1 aromatic carbocycles. The largest absolute Gasteiger partial charge is 0.393 e. The third-order valence-corrected chi connectivity index (χ3v) is 5.06. The number of aromatic amines is 1. The summed E-state index contributed by atoms with van der Waals surface area (Å²) in [4.78, 5) is 10.6. The number of aromatic nitrogens is 2. The van der Waals surface area contributed by atoms with Crippen LogP contribution in [0.25, 0.3) is 11.0 Å². The first kappa shape index (κ1) is 14.2. The fourth-order valence-electron chi connectivity index (χ4n) is 3.92. The number of H-pyrrole nitrogens is 1. The van der Waals surface area contributed by atoms with Crippen LogP contribution in [0.1, 0.15) is 25.1 Å². The Morgan fingerprint density at radius 2 is 2.23 bits per heavy atom. The van der Waals surface area contributed by atoms with Gasteiger partial charge in [0, 0.05) is 18.6 Å². The minimum absolute atomic E-state index is 0.227. The van der Waals surface area contributed by atoms with Gasteiger partial charge < -0.3 is 14.8 Å². The van der Waals surface area contributed by atoms with Crippen molar-refractivity contribution in [3.63, 3.8) is 0 Å². The van der Waals surface area contributed by atoms with Gasteiger partial charge in [-0.25, -0.2) is 4.98 Å². The first-order chi connectivity index (χ1) is 10.8. The number of nitrogens with zero attached hydrogens (tertiary/aromatic N) is 2. The molecule has 0 amide bonds. The summed E-state index contributed by atoms with van der Waals surface area (Å²) in [5.41, 5.74) is 2.11. The number of aliphatic hydroxyl groups is 1. The lowest BCUT2D eigenvalue weighted by molar-refractivity contribution is -0.0638. The van der Waals surface area contributed by atoms with Gasteiger partial charge in [0.2, 0.25) is 0 Å². The molecule has 2 saturated heterocycles. The Bertz CT molecular complexity index is 609. The van der Waals surface area contributed by atoms with Crippen LogP contribution in [-0.4, -0.2) is 51.9 Å². The molecular formula is C17H23N3O2. The van der Waals surface area contributed by atoms with Crippen molar-refractivity contribution in [1.82, 2.24) is 14.9 Å². The zero-order chi connectivity index (χ0) is 14.9. The summed E-state index contributed by atoms with van der Waals surface area (Å²) in [6, 6.07) is 8.55. The highest BCUT2D eigenvalue weighted by atomic mass is 16.5. The summed E-state index contributed by atoms with van der Waals surface area (Å²) in [6.45, 7) is 3.27. The molecule has 0 radical (unpaired) electrons. The Labute approximate surface area is 130 Å². The van der Waals surface area contributed by atoms with Crippen molar-refractivity contribution in [2.24, 2.45) is 5.92 Å². The van der Waals surface area contributed by atoms with Gasteiger partial charge >= 0.3 is 0 Å². The molecule has 2 fully saturated rings. The van der Waals surface area contributed by atoms with Crippen LogP contribution in [0.15, 0.2) is 24.3 Å². The van der Waals surface area contributed by atoms with Gasteiger partial charge in [-0.05, 0) is 37.9 Å². The first-order valence-corrected chi connectivity index (χ1v) is 8.25. The third kappa shape index (κ3) is 2.64. The van der Waals surface area contributed by atoms with Crippen LogP contribution in [0, 0.1) is 5.92 Å². The number of ether oxygens (including phenoxy) is 1. The van der Waals surface area contributed by atoms with E-state index in [1.54, 1.807) is 0 Å². The molecule has 0 aliphatic carbocycles. The first-order valence-electron chi connectivity index (χ1n) is 8.25. The highest BCUT2D eigenvalue weighted by molar-refractivity contribution is 5.74. The molecular weight excluding hydrogens is 278 g/mol. The zero-order valence-corrected chi connectivity index (χ0v) is 12.7. The Morgan fingerprint density at radius 3 is 3.09 bits per heavy atom. The number of hydrogen-bond acceptors (Lipinski definition) is 4. The van der Waals surface area contributed by atoms with E-state index in [-0.39, 0.29) is 12.0 Å². The number of likely N-dealkylation sites (tertiary alicyclic amines) is 1. The molecule has 3 atom stereocenters. The second-order valence-corrected chi connectivity index (χ2v) is 6.48. The molecule has 22 heavy (non-hydrogen) atoms. The minimum Gasteiger partial charge on any atom is -0.393 e. The van der Waals surface area contributed by atoms with E-state index in [1.165, 1.54) is 6.42 Å². The van der Waals surface area contributed by atoms with Crippen molar-refractivity contribution in [1.29, 1.82) is 0 Å². The Morgan fingerprint density at radius 1 is 1.32 bits per heavy atom. The van der Waals surface area contributed by atoms with Gasteiger partial charge in [-0.15, -0.1) is 0 Å². The van der Waals surface area contributed by atoms with E-state index in [2.05, 4.69) is 20.9 Å². The van der Waals surface area contributed by atoms with E-state index >= 15 is 0 Å². The maximum Gasteiger partial charge on any atom is 0.121 e. The van der Waals surface area contributed by atoms with Crippen LogP contribution in [0.4, 0.5) is 0 Å². The van der Waals surface area contributed by atoms with E-state index in [4.69, 9.17) is 4.74 Å². The molecule has 5 heteroatoms. The molecule has 1 aromatic heterocycles. The molecule has 0 spiro atoms. The summed E-state index contributed by atoms with van der Waals surface area (Å²) in [5, 5.41) is 10.3.